The van der Waals surface area contributed by atoms with Crippen LogP contribution < -0.4 is 15.0 Å². The third kappa shape index (κ3) is 5.36. The van der Waals surface area contributed by atoms with Crippen molar-refractivity contribution >= 4 is 23.2 Å². The lowest BCUT2D eigenvalue weighted by molar-refractivity contribution is 0.0747. The predicted molar refractivity (Wildman–Crippen MR) is 143 cm³/mol. The Kier molecular flexibility index (Phi) is 6.95. The molecule has 2 heterocycles. The van der Waals surface area contributed by atoms with Gasteiger partial charge in [-0.1, -0.05) is 30.3 Å². The van der Waals surface area contributed by atoms with Crippen molar-refractivity contribution < 1.29 is 9.53 Å². The van der Waals surface area contributed by atoms with Crippen LogP contribution in [0.25, 0.3) is 11.1 Å². The number of anilines is 3. The van der Waals surface area contributed by atoms with Gasteiger partial charge in [-0.3, -0.25) is 4.79 Å². The second-order valence-electron chi connectivity index (χ2n) is 8.64. The van der Waals surface area contributed by atoms with E-state index in [2.05, 4.69) is 26.3 Å². The highest BCUT2D eigenvalue weighted by atomic mass is 16.5. The quantitative estimate of drug-likeness (QED) is 0.418. The summed E-state index contributed by atoms with van der Waals surface area (Å²) in [7, 11) is 1.64. The maximum Gasteiger partial charge on any atom is 0.254 e. The molecule has 37 heavy (non-hydrogen) atoms. The van der Waals surface area contributed by atoms with Crippen molar-refractivity contribution in [2.24, 2.45) is 0 Å². The number of hydrogen-bond donors (Lipinski definition) is 1. The van der Waals surface area contributed by atoms with Crippen LogP contribution in [0, 0.1) is 11.3 Å². The fraction of sp³-hybridized carbons (Fsp3) is 0.172. The van der Waals surface area contributed by atoms with Crippen LogP contribution in [0.1, 0.15) is 15.9 Å². The van der Waals surface area contributed by atoms with Crippen LogP contribution in [-0.4, -0.2) is 54.1 Å². The number of hydrogen-bond acceptors (Lipinski definition) is 7. The molecular formula is C29H26N6O2. The molecule has 1 amide bonds. The Balaban J connectivity index is 1.22. The fourth-order valence-corrected chi connectivity index (χ4v) is 4.36. The number of amides is 1. The number of piperazine rings is 1. The zero-order valence-corrected chi connectivity index (χ0v) is 20.5. The summed E-state index contributed by atoms with van der Waals surface area (Å²) >= 11 is 0. The van der Waals surface area contributed by atoms with Crippen LogP contribution in [0.3, 0.4) is 0 Å². The lowest BCUT2D eigenvalue weighted by Crippen LogP contribution is -2.49. The van der Waals surface area contributed by atoms with Gasteiger partial charge in [-0.25, -0.2) is 9.97 Å². The summed E-state index contributed by atoms with van der Waals surface area (Å²) in [6.07, 6.45) is 3.52. The number of rotatable bonds is 6. The summed E-state index contributed by atoms with van der Waals surface area (Å²) in [4.78, 5) is 26.1. The van der Waals surface area contributed by atoms with Crippen molar-refractivity contribution in [1.29, 1.82) is 5.26 Å². The summed E-state index contributed by atoms with van der Waals surface area (Å²) in [5.74, 6) is 1.22. The molecule has 8 nitrogen and oxygen atoms in total. The molecule has 8 heteroatoms. The largest absolute Gasteiger partial charge is 0.497 e. The van der Waals surface area contributed by atoms with Crippen molar-refractivity contribution in [3.63, 3.8) is 0 Å². The number of carbonyl (C=O) groups is 1. The Hall–Kier alpha value is -4.90. The van der Waals surface area contributed by atoms with Crippen LogP contribution in [0.15, 0.2) is 85.2 Å². The van der Waals surface area contributed by atoms with Crippen molar-refractivity contribution in [2.45, 2.75) is 0 Å². The van der Waals surface area contributed by atoms with Crippen LogP contribution in [-0.2, 0) is 0 Å². The molecule has 1 saturated heterocycles. The first kappa shape index (κ1) is 23.8. The highest BCUT2D eigenvalue weighted by Gasteiger charge is 2.23. The van der Waals surface area contributed by atoms with E-state index >= 15 is 0 Å². The van der Waals surface area contributed by atoms with Gasteiger partial charge >= 0.3 is 0 Å². The van der Waals surface area contributed by atoms with E-state index in [1.165, 1.54) is 0 Å². The number of nitrogens with zero attached hydrogens (tertiary/aromatic N) is 5. The molecule has 1 aliphatic rings. The molecule has 0 saturated carbocycles. The minimum absolute atomic E-state index is 0.0207. The lowest BCUT2D eigenvalue weighted by atomic mass is 10.1. The van der Waals surface area contributed by atoms with Gasteiger partial charge in [-0.05, 0) is 48.0 Å². The molecule has 0 unspecified atom stereocenters. The fourth-order valence-electron chi connectivity index (χ4n) is 4.36. The van der Waals surface area contributed by atoms with Gasteiger partial charge in [0.25, 0.3) is 5.91 Å². The molecule has 5 rings (SSSR count). The van der Waals surface area contributed by atoms with Gasteiger partial charge in [0, 0.05) is 55.4 Å². The number of para-hydroxylation sites is 1. The van der Waals surface area contributed by atoms with E-state index in [0.29, 0.717) is 43.3 Å². The summed E-state index contributed by atoms with van der Waals surface area (Å²) < 4.78 is 5.21. The number of nitriles is 1. The molecule has 0 spiro atoms. The van der Waals surface area contributed by atoms with E-state index in [1.807, 2.05) is 77.7 Å². The van der Waals surface area contributed by atoms with Gasteiger partial charge in [0.05, 0.1) is 18.4 Å². The summed E-state index contributed by atoms with van der Waals surface area (Å²) in [6, 6.07) is 24.9. The van der Waals surface area contributed by atoms with Crippen LogP contribution in [0.5, 0.6) is 5.75 Å². The zero-order chi connectivity index (χ0) is 25.6. The van der Waals surface area contributed by atoms with Crippen molar-refractivity contribution in [3.05, 3.63) is 96.3 Å². The van der Waals surface area contributed by atoms with E-state index in [9.17, 15) is 10.1 Å². The monoisotopic (exact) mass is 490 g/mol. The minimum atomic E-state index is -0.0207. The van der Waals surface area contributed by atoms with Gasteiger partial charge in [0.1, 0.15) is 11.8 Å². The molecule has 1 aliphatic heterocycles. The van der Waals surface area contributed by atoms with E-state index < -0.39 is 0 Å². The molecule has 0 radical (unpaired) electrons. The van der Waals surface area contributed by atoms with E-state index in [0.717, 1.165) is 28.3 Å². The summed E-state index contributed by atoms with van der Waals surface area (Å²) in [5.41, 5.74) is 4.81. The molecule has 0 aliphatic carbocycles. The average molecular weight is 491 g/mol. The molecule has 184 valence electrons. The van der Waals surface area contributed by atoms with Gasteiger partial charge in [0.15, 0.2) is 0 Å². The number of benzene rings is 3. The third-order valence-corrected chi connectivity index (χ3v) is 6.37. The number of aromatic nitrogens is 2. The summed E-state index contributed by atoms with van der Waals surface area (Å²) in [5, 5.41) is 12.6. The first-order chi connectivity index (χ1) is 18.1. The number of ether oxygens (including phenoxy) is 1. The Morgan fingerprint density at radius 1 is 0.919 bits per heavy atom. The number of methoxy groups -OCH3 is 1. The first-order valence-electron chi connectivity index (χ1n) is 12.0. The Morgan fingerprint density at radius 2 is 1.65 bits per heavy atom. The molecular weight excluding hydrogens is 464 g/mol. The second kappa shape index (κ2) is 10.8. The topological polar surface area (TPSA) is 94.4 Å². The molecule has 0 bridgehead atoms. The van der Waals surface area contributed by atoms with Gasteiger partial charge in [-0.15, -0.1) is 0 Å². The third-order valence-electron chi connectivity index (χ3n) is 6.37. The minimum Gasteiger partial charge on any atom is -0.497 e. The van der Waals surface area contributed by atoms with Gasteiger partial charge < -0.3 is 19.9 Å². The Labute approximate surface area is 215 Å². The zero-order valence-electron chi connectivity index (χ0n) is 20.5. The van der Waals surface area contributed by atoms with E-state index in [1.54, 1.807) is 19.5 Å². The highest BCUT2D eigenvalue weighted by molar-refractivity contribution is 5.95. The smallest absolute Gasteiger partial charge is 0.254 e. The highest BCUT2D eigenvalue weighted by Crippen LogP contribution is 2.24. The SMILES string of the molecule is COc1ccc(-c2cnc(Nc3cccc(C(=O)N4CCN(c5ccccc5C#N)CC4)c3)nc2)cc1. The van der Waals surface area contributed by atoms with Crippen LogP contribution in [0.4, 0.5) is 17.3 Å². The van der Waals surface area contributed by atoms with E-state index in [4.69, 9.17) is 4.74 Å². The predicted octanol–water partition coefficient (Wildman–Crippen LogP) is 4.73. The second-order valence-corrected chi connectivity index (χ2v) is 8.64. The maximum absolute atomic E-state index is 13.2. The molecule has 4 aromatic rings. The van der Waals surface area contributed by atoms with Crippen LogP contribution >= 0.6 is 0 Å². The number of carbonyl (C=O) groups excluding carboxylic acids is 1. The molecule has 1 N–H and O–H groups in total. The Bertz CT molecular complexity index is 1420. The number of nitrogens with one attached hydrogen (secondary N) is 1. The van der Waals surface area contributed by atoms with Crippen molar-refractivity contribution in [2.75, 3.05) is 43.5 Å². The molecule has 3 aromatic carbocycles. The maximum atomic E-state index is 13.2. The van der Waals surface area contributed by atoms with E-state index in [-0.39, 0.29) is 5.91 Å². The molecule has 0 atom stereocenters. The summed E-state index contributed by atoms with van der Waals surface area (Å²) in [6.45, 7) is 2.53. The van der Waals surface area contributed by atoms with Crippen molar-refractivity contribution in [3.8, 4) is 22.9 Å². The van der Waals surface area contributed by atoms with Gasteiger partial charge in [-0.2, -0.15) is 5.26 Å². The Morgan fingerprint density at radius 3 is 2.35 bits per heavy atom. The lowest BCUT2D eigenvalue weighted by Gasteiger charge is -2.36. The van der Waals surface area contributed by atoms with Crippen molar-refractivity contribution in [1.82, 2.24) is 14.9 Å². The average Bonchev–Trinajstić information content (AvgIpc) is 2.97. The first-order valence-corrected chi connectivity index (χ1v) is 12.0. The van der Waals surface area contributed by atoms with Crippen LogP contribution in [0.2, 0.25) is 0 Å². The van der Waals surface area contributed by atoms with Gasteiger partial charge in [0.2, 0.25) is 5.95 Å². The standard InChI is InChI=1S/C29H26N6O2/c1-37-26-11-9-21(10-12-26)24-19-31-29(32-20-24)33-25-7-4-6-22(17-25)28(36)35-15-13-34(14-16-35)27-8-3-2-5-23(27)18-30/h2-12,17,19-20H,13-16H2,1H3,(H,31,32,33). The molecule has 1 fully saturated rings. The normalized spacial score (nSPS) is 13.1. The molecule has 1 aromatic heterocycles.